The highest BCUT2D eigenvalue weighted by molar-refractivity contribution is 7.12. The quantitative estimate of drug-likeness (QED) is 0.866. The highest BCUT2D eigenvalue weighted by Crippen LogP contribution is 2.55. The summed E-state index contributed by atoms with van der Waals surface area (Å²) in [5.41, 5.74) is 0.441. The second-order valence-electron chi connectivity index (χ2n) is 6.51. The number of ether oxygens (including phenoxy) is 1. The average molecular weight is 293 g/mol. The number of rotatable bonds is 5. The summed E-state index contributed by atoms with van der Waals surface area (Å²) in [6.07, 6.45) is 7.17. The van der Waals surface area contributed by atoms with Gasteiger partial charge in [0.05, 0.1) is 6.10 Å². The van der Waals surface area contributed by atoms with Crippen LogP contribution >= 0.6 is 11.3 Å². The largest absolute Gasteiger partial charge is 0.378 e. The molecule has 2 saturated carbocycles. The Labute approximate surface area is 126 Å². The first-order chi connectivity index (χ1) is 9.65. The third-order valence-corrected chi connectivity index (χ3v) is 6.51. The molecule has 0 radical (unpaired) electrons. The molecule has 0 aliphatic heterocycles. The summed E-state index contributed by atoms with van der Waals surface area (Å²) < 4.78 is 6.00. The smallest absolute Gasteiger partial charge is 0.0661 e. The lowest BCUT2D eigenvalue weighted by Gasteiger charge is -2.55. The first kappa shape index (κ1) is 14.6. The molecule has 2 aliphatic rings. The summed E-state index contributed by atoms with van der Waals surface area (Å²) in [5.74, 6) is 0. The molecule has 1 spiro atoms. The second-order valence-corrected chi connectivity index (χ2v) is 7.83. The van der Waals surface area contributed by atoms with E-state index >= 15 is 0 Å². The van der Waals surface area contributed by atoms with Crippen LogP contribution in [0.1, 0.15) is 61.7 Å². The molecule has 1 N–H and O–H groups in total. The van der Waals surface area contributed by atoms with Gasteiger partial charge in [0.15, 0.2) is 0 Å². The molecule has 3 heteroatoms. The molecule has 2 fully saturated rings. The molecule has 0 aromatic carbocycles. The zero-order valence-electron chi connectivity index (χ0n) is 12.9. The van der Waals surface area contributed by atoms with Gasteiger partial charge in [-0.3, -0.25) is 0 Å². The molecule has 0 amide bonds. The molecule has 1 heterocycles. The van der Waals surface area contributed by atoms with Crippen molar-refractivity contribution in [1.82, 2.24) is 5.32 Å². The maximum atomic E-state index is 6.00. The second kappa shape index (κ2) is 5.78. The van der Waals surface area contributed by atoms with Crippen LogP contribution in [-0.4, -0.2) is 18.8 Å². The number of hydrogen-bond acceptors (Lipinski definition) is 3. The van der Waals surface area contributed by atoms with Crippen molar-refractivity contribution < 1.29 is 4.74 Å². The predicted molar refractivity (Wildman–Crippen MR) is 85.3 cm³/mol. The van der Waals surface area contributed by atoms with Crippen molar-refractivity contribution in [2.45, 2.75) is 71.1 Å². The van der Waals surface area contributed by atoms with E-state index in [0.717, 1.165) is 6.61 Å². The maximum Gasteiger partial charge on any atom is 0.0661 e. The number of thiophene rings is 1. The first-order valence-corrected chi connectivity index (χ1v) is 8.91. The molecule has 3 unspecified atom stereocenters. The monoisotopic (exact) mass is 293 g/mol. The molecular formula is C17H27NOS. The lowest BCUT2D eigenvalue weighted by Crippen LogP contribution is -2.62. The molecule has 112 valence electrons. The third kappa shape index (κ3) is 2.44. The van der Waals surface area contributed by atoms with Crippen LogP contribution in [0.25, 0.3) is 0 Å². The first-order valence-electron chi connectivity index (χ1n) is 8.09. The summed E-state index contributed by atoms with van der Waals surface area (Å²) in [6.45, 7) is 7.48. The Morgan fingerprint density at radius 1 is 1.40 bits per heavy atom. The minimum Gasteiger partial charge on any atom is -0.378 e. The maximum absolute atomic E-state index is 6.00. The fourth-order valence-corrected chi connectivity index (χ4v) is 5.08. The Balaban J connectivity index is 1.65. The van der Waals surface area contributed by atoms with Crippen LogP contribution in [0.3, 0.4) is 0 Å². The van der Waals surface area contributed by atoms with Crippen molar-refractivity contribution in [3.63, 3.8) is 0 Å². The Kier molecular flexibility index (Phi) is 4.21. The minimum atomic E-state index is 0.441. The van der Waals surface area contributed by atoms with E-state index in [2.05, 4.69) is 38.2 Å². The van der Waals surface area contributed by atoms with Gasteiger partial charge in [-0.05, 0) is 52.2 Å². The van der Waals surface area contributed by atoms with Crippen LogP contribution in [-0.2, 0) is 4.74 Å². The molecule has 20 heavy (non-hydrogen) atoms. The molecule has 2 nitrogen and oxygen atoms in total. The van der Waals surface area contributed by atoms with Crippen molar-refractivity contribution in [3.8, 4) is 0 Å². The van der Waals surface area contributed by atoms with Gasteiger partial charge in [-0.2, -0.15) is 0 Å². The van der Waals surface area contributed by atoms with Crippen LogP contribution in [0.2, 0.25) is 0 Å². The number of nitrogens with one attached hydrogen (secondary N) is 1. The van der Waals surface area contributed by atoms with Crippen molar-refractivity contribution in [2.24, 2.45) is 5.41 Å². The highest BCUT2D eigenvalue weighted by Gasteiger charge is 2.56. The molecule has 1 aromatic rings. The van der Waals surface area contributed by atoms with E-state index in [9.17, 15) is 0 Å². The molecule has 0 bridgehead atoms. The molecular weight excluding hydrogens is 266 g/mol. The SMILES string of the molecule is CCOC1CC(NC(C)c2ccc(C)s2)C12CCCC2. The normalized spacial score (nSPS) is 29.6. The Morgan fingerprint density at radius 3 is 2.75 bits per heavy atom. The van der Waals surface area contributed by atoms with Gasteiger partial charge in [-0.1, -0.05) is 12.8 Å². The zero-order chi connectivity index (χ0) is 14.2. The Bertz CT molecular complexity index is 450. The Morgan fingerprint density at radius 2 is 2.15 bits per heavy atom. The van der Waals surface area contributed by atoms with Gasteiger partial charge in [0, 0.05) is 33.9 Å². The van der Waals surface area contributed by atoms with Crippen LogP contribution in [0.4, 0.5) is 0 Å². The zero-order valence-corrected chi connectivity index (χ0v) is 13.8. The summed E-state index contributed by atoms with van der Waals surface area (Å²) >= 11 is 1.92. The van der Waals surface area contributed by atoms with Crippen LogP contribution in [0, 0.1) is 12.3 Å². The summed E-state index contributed by atoms with van der Waals surface area (Å²) in [4.78, 5) is 2.88. The van der Waals surface area contributed by atoms with Crippen molar-refractivity contribution in [2.75, 3.05) is 6.61 Å². The van der Waals surface area contributed by atoms with E-state index < -0.39 is 0 Å². The van der Waals surface area contributed by atoms with Gasteiger partial charge >= 0.3 is 0 Å². The van der Waals surface area contributed by atoms with Gasteiger partial charge in [0.1, 0.15) is 0 Å². The molecule has 3 rings (SSSR count). The van der Waals surface area contributed by atoms with Gasteiger partial charge in [0.25, 0.3) is 0 Å². The van der Waals surface area contributed by atoms with E-state index in [1.54, 1.807) is 0 Å². The van der Waals surface area contributed by atoms with Gasteiger partial charge in [-0.25, -0.2) is 0 Å². The molecule has 2 aliphatic carbocycles. The summed E-state index contributed by atoms with van der Waals surface area (Å²) in [7, 11) is 0. The molecule has 1 aromatic heterocycles. The fraction of sp³-hybridized carbons (Fsp3) is 0.765. The molecule has 0 saturated heterocycles. The fourth-order valence-electron chi connectivity index (χ4n) is 4.19. The lowest BCUT2D eigenvalue weighted by molar-refractivity contribution is -0.132. The van der Waals surface area contributed by atoms with Crippen LogP contribution in [0.5, 0.6) is 0 Å². The summed E-state index contributed by atoms with van der Waals surface area (Å²) in [6, 6.07) is 5.63. The van der Waals surface area contributed by atoms with Crippen LogP contribution in [0.15, 0.2) is 12.1 Å². The van der Waals surface area contributed by atoms with Crippen molar-refractivity contribution >= 4 is 11.3 Å². The summed E-state index contributed by atoms with van der Waals surface area (Å²) in [5, 5.41) is 3.90. The van der Waals surface area contributed by atoms with Crippen LogP contribution < -0.4 is 5.32 Å². The van der Waals surface area contributed by atoms with E-state index in [1.807, 2.05) is 11.3 Å². The van der Waals surface area contributed by atoms with Crippen molar-refractivity contribution in [1.29, 1.82) is 0 Å². The molecule has 3 atom stereocenters. The topological polar surface area (TPSA) is 21.3 Å². The average Bonchev–Trinajstić information content (AvgIpc) is 3.07. The highest BCUT2D eigenvalue weighted by atomic mass is 32.1. The third-order valence-electron chi connectivity index (χ3n) is 5.33. The minimum absolute atomic E-state index is 0.441. The van der Waals surface area contributed by atoms with E-state index in [0.29, 0.717) is 23.6 Å². The standard InChI is InChI=1S/C17H27NOS/c1-4-19-16-11-15(17(16)9-5-6-10-17)18-13(3)14-8-7-12(2)20-14/h7-8,13,15-16,18H,4-6,9-11H2,1-3H3. The predicted octanol–water partition coefficient (Wildman–Crippen LogP) is 4.44. The van der Waals surface area contributed by atoms with E-state index in [1.165, 1.54) is 41.9 Å². The van der Waals surface area contributed by atoms with Crippen molar-refractivity contribution in [3.05, 3.63) is 21.9 Å². The van der Waals surface area contributed by atoms with E-state index in [4.69, 9.17) is 4.74 Å². The number of hydrogen-bond donors (Lipinski definition) is 1. The van der Waals surface area contributed by atoms with Gasteiger partial charge < -0.3 is 10.1 Å². The van der Waals surface area contributed by atoms with E-state index in [-0.39, 0.29) is 0 Å². The van der Waals surface area contributed by atoms with Gasteiger partial charge in [-0.15, -0.1) is 11.3 Å². The number of aryl methyl sites for hydroxylation is 1. The lowest BCUT2D eigenvalue weighted by atomic mass is 9.60. The van der Waals surface area contributed by atoms with Gasteiger partial charge in [0.2, 0.25) is 0 Å². The Hall–Kier alpha value is -0.380.